The summed E-state index contributed by atoms with van der Waals surface area (Å²) in [6.45, 7) is 16.3. The highest BCUT2D eigenvalue weighted by Crippen LogP contribution is 2.26. The molecule has 0 saturated carbocycles. The van der Waals surface area contributed by atoms with Crippen LogP contribution >= 0.6 is 11.6 Å². The largest absolute Gasteiger partial charge is 0.494 e. The van der Waals surface area contributed by atoms with Gasteiger partial charge in [0.2, 0.25) is 0 Å². The van der Waals surface area contributed by atoms with Gasteiger partial charge in [0.05, 0.1) is 12.2 Å². The van der Waals surface area contributed by atoms with Crippen molar-refractivity contribution >= 4 is 40.2 Å². The zero-order chi connectivity index (χ0) is 36.6. The number of unbranched alkanes of at least 4 members (excludes halogenated alkanes) is 8. The number of halogens is 1. The van der Waals surface area contributed by atoms with E-state index in [1.807, 2.05) is 50.2 Å². The van der Waals surface area contributed by atoms with Crippen LogP contribution in [0.5, 0.6) is 17.2 Å². The molecule has 9 heteroatoms. The quantitative estimate of drug-likeness (QED) is 0.0336. The number of esters is 2. The van der Waals surface area contributed by atoms with Gasteiger partial charge in [-0.05, 0) is 111 Å². The average Bonchev–Trinajstić information content (AvgIpc) is 3.08. The van der Waals surface area contributed by atoms with E-state index in [1.165, 1.54) is 57.4 Å². The van der Waals surface area contributed by atoms with Gasteiger partial charge in [-0.2, -0.15) is 0 Å². The molecule has 0 aliphatic rings. The Morgan fingerprint density at radius 1 is 0.640 bits per heavy atom. The second-order valence-corrected chi connectivity index (χ2v) is 24.5. The van der Waals surface area contributed by atoms with Crippen molar-refractivity contribution in [2.24, 2.45) is 5.92 Å². The van der Waals surface area contributed by atoms with E-state index in [2.05, 4.69) is 32.7 Å². The lowest BCUT2D eigenvalue weighted by atomic mass is 10.0. The van der Waals surface area contributed by atoms with Crippen molar-refractivity contribution in [3.05, 3.63) is 78.4 Å². The molecule has 3 aromatic rings. The predicted molar refractivity (Wildman–Crippen MR) is 212 cm³/mol. The van der Waals surface area contributed by atoms with Gasteiger partial charge < -0.3 is 18.3 Å². The maximum atomic E-state index is 12.7. The Morgan fingerprint density at radius 2 is 1.10 bits per heavy atom. The summed E-state index contributed by atoms with van der Waals surface area (Å²) in [5, 5.41) is -0.715. The molecule has 3 rings (SSSR count). The maximum absolute atomic E-state index is 12.7. The van der Waals surface area contributed by atoms with E-state index < -0.39 is 34.0 Å². The third-order valence-corrected chi connectivity index (χ3v) is 15.5. The molecule has 2 unspecified atom stereocenters. The van der Waals surface area contributed by atoms with E-state index in [0.29, 0.717) is 17.1 Å². The van der Waals surface area contributed by atoms with Gasteiger partial charge in [0.1, 0.15) is 22.6 Å². The zero-order valence-electron chi connectivity index (χ0n) is 31.4. The molecular formula is C41H59ClO6Si2. The van der Waals surface area contributed by atoms with Crippen LogP contribution in [0.1, 0.15) is 88.4 Å². The van der Waals surface area contributed by atoms with Crippen molar-refractivity contribution in [3.63, 3.8) is 0 Å². The molecule has 0 spiro atoms. The van der Waals surface area contributed by atoms with Crippen molar-refractivity contribution in [1.29, 1.82) is 0 Å². The minimum absolute atomic E-state index is 0.00904. The number of carbonyl (C=O) groups excluding carboxylic acids is 2. The smallest absolute Gasteiger partial charge is 0.343 e. The molecule has 0 radical (unpaired) electrons. The van der Waals surface area contributed by atoms with Crippen LogP contribution in [-0.4, -0.2) is 40.6 Å². The van der Waals surface area contributed by atoms with Crippen LogP contribution in [-0.2, 0) is 8.91 Å². The fraction of sp³-hybridized carbons (Fsp3) is 0.512. The molecular weight excluding hydrogens is 680 g/mol. The summed E-state index contributed by atoms with van der Waals surface area (Å²) in [6.07, 6.45) is 12.3. The van der Waals surface area contributed by atoms with Crippen molar-refractivity contribution < 1.29 is 27.9 Å². The number of rotatable bonds is 22. The van der Waals surface area contributed by atoms with Gasteiger partial charge in [-0.15, -0.1) is 11.6 Å². The number of benzene rings is 3. The van der Waals surface area contributed by atoms with Crippen molar-refractivity contribution in [2.45, 2.75) is 122 Å². The summed E-state index contributed by atoms with van der Waals surface area (Å²) in [5.41, 5.74) is 2.48. The number of hydrogen-bond donors (Lipinski definition) is 0. The van der Waals surface area contributed by atoms with Crippen LogP contribution < -0.4 is 14.2 Å². The second kappa shape index (κ2) is 20.8. The van der Waals surface area contributed by atoms with E-state index in [0.717, 1.165) is 36.3 Å². The first-order chi connectivity index (χ1) is 23.8. The fourth-order valence-corrected chi connectivity index (χ4v) is 14.2. The lowest BCUT2D eigenvalue weighted by Crippen LogP contribution is -2.42. The van der Waals surface area contributed by atoms with Gasteiger partial charge in [0.25, 0.3) is 0 Å². The third-order valence-electron chi connectivity index (χ3n) is 8.70. The van der Waals surface area contributed by atoms with Gasteiger partial charge in [-0.1, -0.05) is 95.9 Å². The summed E-state index contributed by atoms with van der Waals surface area (Å²) in [5.74, 6) is 0.610. The molecule has 0 heterocycles. The molecule has 0 aromatic heterocycles. The molecule has 50 heavy (non-hydrogen) atoms. The number of hydrogen-bond acceptors (Lipinski definition) is 6. The highest BCUT2D eigenvalue weighted by Gasteiger charge is 2.28. The Balaban J connectivity index is 1.29. The number of carbonyl (C=O) groups is 2. The topological polar surface area (TPSA) is 71.1 Å². The summed E-state index contributed by atoms with van der Waals surface area (Å²) < 4.78 is 23.3. The zero-order valence-corrected chi connectivity index (χ0v) is 34.2. The molecule has 0 aliphatic carbocycles. The van der Waals surface area contributed by atoms with Gasteiger partial charge in [-0.3, -0.25) is 4.79 Å². The Labute approximate surface area is 308 Å². The highest BCUT2D eigenvalue weighted by atomic mass is 35.5. The number of alkyl halides is 1. The molecule has 274 valence electrons. The lowest BCUT2D eigenvalue weighted by molar-refractivity contribution is -0.134. The van der Waals surface area contributed by atoms with E-state index in [9.17, 15) is 9.59 Å². The van der Waals surface area contributed by atoms with E-state index in [4.69, 9.17) is 29.9 Å². The normalized spacial score (nSPS) is 13.0. The van der Waals surface area contributed by atoms with E-state index >= 15 is 0 Å². The summed E-state index contributed by atoms with van der Waals surface area (Å²) in [7, 11) is -2.89. The van der Waals surface area contributed by atoms with Gasteiger partial charge >= 0.3 is 11.9 Å². The SMILES string of the molecule is CCC(C)C(Cl)C(=O)Oc1ccc(OC(=O)c2ccc(-c3ccc(OCCCCCCCCCCC[Si](C)(C)O[Si](C)(C)C)cc3)cc2)cc1. The summed E-state index contributed by atoms with van der Waals surface area (Å²) in [6, 6.07) is 23.0. The molecule has 0 amide bonds. The van der Waals surface area contributed by atoms with Crippen molar-refractivity contribution in [1.82, 2.24) is 0 Å². The van der Waals surface area contributed by atoms with Crippen molar-refractivity contribution in [2.75, 3.05) is 6.61 Å². The maximum Gasteiger partial charge on any atom is 0.343 e. The Bertz CT molecular complexity index is 1440. The predicted octanol–water partition coefficient (Wildman–Crippen LogP) is 12.1. The van der Waals surface area contributed by atoms with Gasteiger partial charge in [-0.25, -0.2) is 4.79 Å². The van der Waals surface area contributed by atoms with Crippen LogP contribution in [0.4, 0.5) is 0 Å². The first-order valence-corrected chi connectivity index (χ1v) is 25.4. The second-order valence-electron chi connectivity index (χ2n) is 14.9. The monoisotopic (exact) mass is 738 g/mol. The molecule has 0 saturated heterocycles. The van der Waals surface area contributed by atoms with Crippen molar-refractivity contribution in [3.8, 4) is 28.4 Å². The number of ether oxygens (including phenoxy) is 3. The summed E-state index contributed by atoms with van der Waals surface area (Å²) in [4.78, 5) is 24.9. The third kappa shape index (κ3) is 15.5. The van der Waals surface area contributed by atoms with Crippen LogP contribution in [0.15, 0.2) is 72.8 Å². The minimum Gasteiger partial charge on any atom is -0.494 e. The van der Waals surface area contributed by atoms with Gasteiger partial charge in [0, 0.05) is 0 Å². The highest BCUT2D eigenvalue weighted by molar-refractivity contribution is 6.84. The van der Waals surface area contributed by atoms with Crippen LogP contribution in [0.2, 0.25) is 38.8 Å². The molecule has 0 fully saturated rings. The Kier molecular flexibility index (Phi) is 17.3. The first kappa shape index (κ1) is 41.5. The van der Waals surface area contributed by atoms with Crippen LogP contribution in [0.25, 0.3) is 11.1 Å². The molecule has 0 N–H and O–H groups in total. The minimum atomic E-state index is -1.48. The van der Waals surface area contributed by atoms with Crippen LogP contribution in [0, 0.1) is 5.92 Å². The average molecular weight is 740 g/mol. The molecule has 6 nitrogen and oxygen atoms in total. The fourth-order valence-electron chi connectivity index (χ4n) is 5.86. The lowest BCUT2D eigenvalue weighted by Gasteiger charge is -2.31. The van der Waals surface area contributed by atoms with E-state index in [1.54, 1.807) is 36.4 Å². The summed E-state index contributed by atoms with van der Waals surface area (Å²) >= 11 is 6.17. The van der Waals surface area contributed by atoms with Crippen LogP contribution in [0.3, 0.4) is 0 Å². The molecule has 0 bridgehead atoms. The molecule has 2 atom stereocenters. The van der Waals surface area contributed by atoms with E-state index in [-0.39, 0.29) is 5.92 Å². The molecule has 3 aromatic carbocycles. The first-order valence-electron chi connectivity index (χ1n) is 18.5. The Morgan fingerprint density at radius 3 is 1.62 bits per heavy atom. The standard InChI is InChI=1S/C41H59ClO6Si2/c1-8-32(2)39(42)41(44)47-38-28-26-37(27-29-38)46-40(43)35-20-18-33(19-21-35)34-22-24-36(25-23-34)45-30-16-14-12-10-9-11-13-15-17-31-50(6,7)48-49(3,4)5/h18-29,32,39H,8-17,30-31H2,1-7H3. The van der Waals surface area contributed by atoms with Gasteiger partial charge in [0.15, 0.2) is 16.6 Å². The molecule has 0 aliphatic heterocycles. The Hall–Kier alpha value is -2.92.